The van der Waals surface area contributed by atoms with Crippen LogP contribution in [-0.2, 0) is 4.79 Å². The van der Waals surface area contributed by atoms with Gasteiger partial charge < -0.3 is 10.6 Å². The Labute approximate surface area is 87.7 Å². The summed E-state index contributed by atoms with van der Waals surface area (Å²) in [5.74, 6) is -0.0414. The van der Waals surface area contributed by atoms with Gasteiger partial charge in [-0.05, 0) is 13.3 Å². The van der Waals surface area contributed by atoms with E-state index in [1.807, 2.05) is 5.38 Å². The first-order valence-electron chi connectivity index (χ1n) is 4.65. The molecule has 0 saturated carbocycles. The molecule has 0 aromatic carbocycles. The van der Waals surface area contributed by atoms with Crippen molar-refractivity contribution in [1.82, 2.24) is 10.3 Å². The molecule has 0 aliphatic carbocycles. The fourth-order valence-electron chi connectivity index (χ4n) is 0.860. The second-order valence-electron chi connectivity index (χ2n) is 3.08. The van der Waals surface area contributed by atoms with Gasteiger partial charge in [-0.15, -0.1) is 11.3 Å². The normalized spacial score (nSPS) is 12.4. The maximum atomic E-state index is 11.3. The van der Waals surface area contributed by atoms with Crippen LogP contribution in [0.5, 0.6) is 0 Å². The predicted octanol–water partition coefficient (Wildman–Crippen LogP) is 1.47. The Morgan fingerprint density at radius 2 is 2.50 bits per heavy atom. The van der Waals surface area contributed by atoms with Crippen LogP contribution in [0.2, 0.25) is 0 Å². The maximum absolute atomic E-state index is 11.3. The number of carbonyl (C=O) groups excluding carboxylic acids is 1. The van der Waals surface area contributed by atoms with E-state index in [4.69, 9.17) is 0 Å². The fourth-order valence-corrected chi connectivity index (χ4v) is 1.40. The maximum Gasteiger partial charge on any atom is 0.240 e. The third-order valence-corrected chi connectivity index (χ3v) is 2.59. The first-order chi connectivity index (χ1) is 6.72. The van der Waals surface area contributed by atoms with Gasteiger partial charge in [0.05, 0.1) is 6.54 Å². The summed E-state index contributed by atoms with van der Waals surface area (Å²) in [6.07, 6.45) is 2.69. The zero-order chi connectivity index (χ0) is 10.4. The van der Waals surface area contributed by atoms with E-state index in [-0.39, 0.29) is 5.91 Å². The second kappa shape index (κ2) is 5.72. The van der Waals surface area contributed by atoms with Gasteiger partial charge in [-0.3, -0.25) is 4.79 Å². The van der Waals surface area contributed by atoms with Crippen LogP contribution in [0.1, 0.15) is 20.3 Å². The van der Waals surface area contributed by atoms with Crippen LogP contribution >= 0.6 is 11.3 Å². The third kappa shape index (κ3) is 3.85. The SMILES string of the molecule is CCC(C)NCC(=O)Nc1nccs1. The molecule has 1 rings (SSSR count). The highest BCUT2D eigenvalue weighted by molar-refractivity contribution is 7.13. The minimum absolute atomic E-state index is 0.0414. The summed E-state index contributed by atoms with van der Waals surface area (Å²) in [5, 5.41) is 8.30. The number of anilines is 1. The lowest BCUT2D eigenvalue weighted by atomic mass is 10.2. The van der Waals surface area contributed by atoms with Crippen LogP contribution in [0.25, 0.3) is 0 Å². The van der Waals surface area contributed by atoms with Crippen LogP contribution in [0.4, 0.5) is 5.13 Å². The minimum atomic E-state index is -0.0414. The Balaban J connectivity index is 2.23. The smallest absolute Gasteiger partial charge is 0.240 e. The van der Waals surface area contributed by atoms with Gasteiger partial charge in [-0.2, -0.15) is 0 Å². The van der Waals surface area contributed by atoms with Crippen LogP contribution < -0.4 is 10.6 Å². The number of amides is 1. The number of carbonyl (C=O) groups is 1. The average Bonchev–Trinajstić information content (AvgIpc) is 2.66. The lowest BCUT2D eigenvalue weighted by Gasteiger charge is -2.09. The molecule has 1 atom stereocenters. The molecule has 0 fully saturated rings. The van der Waals surface area contributed by atoms with Crippen LogP contribution in [0, 0.1) is 0 Å². The second-order valence-corrected chi connectivity index (χ2v) is 3.97. The van der Waals surface area contributed by atoms with E-state index in [1.54, 1.807) is 6.20 Å². The minimum Gasteiger partial charge on any atom is -0.306 e. The highest BCUT2D eigenvalue weighted by Gasteiger charge is 2.05. The van der Waals surface area contributed by atoms with Crippen molar-refractivity contribution in [3.05, 3.63) is 11.6 Å². The Bertz CT molecular complexity index is 274. The van der Waals surface area contributed by atoms with Gasteiger partial charge in [0.1, 0.15) is 0 Å². The molecule has 14 heavy (non-hydrogen) atoms. The van der Waals surface area contributed by atoms with E-state index < -0.39 is 0 Å². The van der Waals surface area contributed by atoms with E-state index in [9.17, 15) is 4.79 Å². The van der Waals surface area contributed by atoms with Crippen molar-refractivity contribution >= 4 is 22.4 Å². The van der Waals surface area contributed by atoms with Gasteiger partial charge >= 0.3 is 0 Å². The standard InChI is InChI=1S/C9H15N3OS/c1-3-7(2)11-6-8(13)12-9-10-4-5-14-9/h4-5,7,11H,3,6H2,1-2H3,(H,10,12,13). The molecule has 5 heteroatoms. The first kappa shape index (κ1) is 11.1. The first-order valence-corrected chi connectivity index (χ1v) is 5.53. The fraction of sp³-hybridized carbons (Fsp3) is 0.556. The number of nitrogens with one attached hydrogen (secondary N) is 2. The summed E-state index contributed by atoms with van der Waals surface area (Å²) in [5.41, 5.74) is 0. The molecule has 1 unspecified atom stereocenters. The summed E-state index contributed by atoms with van der Waals surface area (Å²) in [6.45, 7) is 4.47. The summed E-state index contributed by atoms with van der Waals surface area (Å²) in [4.78, 5) is 15.3. The van der Waals surface area contributed by atoms with Crippen molar-refractivity contribution in [3.63, 3.8) is 0 Å². The molecule has 0 aliphatic heterocycles. The zero-order valence-corrected chi connectivity index (χ0v) is 9.23. The van der Waals surface area contributed by atoms with Gasteiger partial charge in [0, 0.05) is 17.6 Å². The van der Waals surface area contributed by atoms with Crippen LogP contribution in [0.15, 0.2) is 11.6 Å². The predicted molar refractivity (Wildman–Crippen MR) is 58.5 cm³/mol. The topological polar surface area (TPSA) is 54.0 Å². The van der Waals surface area contributed by atoms with Gasteiger partial charge in [0.2, 0.25) is 5.91 Å². The van der Waals surface area contributed by atoms with Gasteiger partial charge in [0.25, 0.3) is 0 Å². The number of nitrogens with zero attached hydrogens (tertiary/aromatic N) is 1. The van der Waals surface area contributed by atoms with Crippen LogP contribution in [0.3, 0.4) is 0 Å². The van der Waals surface area contributed by atoms with Gasteiger partial charge in [0.15, 0.2) is 5.13 Å². The van der Waals surface area contributed by atoms with Gasteiger partial charge in [-0.1, -0.05) is 6.92 Å². The molecule has 1 aromatic rings. The highest BCUT2D eigenvalue weighted by Crippen LogP contribution is 2.09. The Morgan fingerprint density at radius 1 is 1.71 bits per heavy atom. The van der Waals surface area contributed by atoms with Crippen molar-refractivity contribution in [2.45, 2.75) is 26.3 Å². The van der Waals surface area contributed by atoms with E-state index >= 15 is 0 Å². The van der Waals surface area contributed by atoms with E-state index in [1.165, 1.54) is 11.3 Å². The molecule has 1 aromatic heterocycles. The van der Waals surface area contributed by atoms with Crippen molar-refractivity contribution in [1.29, 1.82) is 0 Å². The largest absolute Gasteiger partial charge is 0.306 e. The Hall–Kier alpha value is -0.940. The number of hydrogen-bond acceptors (Lipinski definition) is 4. The highest BCUT2D eigenvalue weighted by atomic mass is 32.1. The van der Waals surface area contributed by atoms with Crippen LogP contribution in [-0.4, -0.2) is 23.5 Å². The van der Waals surface area contributed by atoms with E-state index in [0.717, 1.165) is 6.42 Å². The number of rotatable bonds is 5. The summed E-state index contributed by atoms with van der Waals surface area (Å²) >= 11 is 1.42. The molecule has 0 aliphatic rings. The van der Waals surface area contributed by atoms with E-state index in [0.29, 0.717) is 17.7 Å². The number of aromatic nitrogens is 1. The lowest BCUT2D eigenvalue weighted by molar-refractivity contribution is -0.115. The zero-order valence-electron chi connectivity index (χ0n) is 8.41. The summed E-state index contributed by atoms with van der Waals surface area (Å²) in [7, 11) is 0. The summed E-state index contributed by atoms with van der Waals surface area (Å²) < 4.78 is 0. The van der Waals surface area contributed by atoms with Crippen molar-refractivity contribution in [2.75, 3.05) is 11.9 Å². The molecule has 0 saturated heterocycles. The Kier molecular flexibility index (Phi) is 4.55. The molecule has 1 amide bonds. The van der Waals surface area contributed by atoms with Crippen molar-refractivity contribution < 1.29 is 4.79 Å². The molecule has 78 valence electrons. The number of hydrogen-bond donors (Lipinski definition) is 2. The quantitative estimate of drug-likeness (QED) is 0.778. The molecule has 2 N–H and O–H groups in total. The third-order valence-electron chi connectivity index (χ3n) is 1.90. The molecule has 0 radical (unpaired) electrons. The lowest BCUT2D eigenvalue weighted by Crippen LogP contribution is -2.33. The molecule has 0 bridgehead atoms. The average molecular weight is 213 g/mol. The summed E-state index contributed by atoms with van der Waals surface area (Å²) in [6, 6.07) is 0.372. The molecular weight excluding hydrogens is 198 g/mol. The molecule has 1 heterocycles. The molecular formula is C9H15N3OS. The van der Waals surface area contributed by atoms with Crippen molar-refractivity contribution in [2.24, 2.45) is 0 Å². The van der Waals surface area contributed by atoms with Gasteiger partial charge in [-0.25, -0.2) is 4.98 Å². The Morgan fingerprint density at radius 3 is 3.07 bits per heavy atom. The monoisotopic (exact) mass is 213 g/mol. The number of thiazole rings is 1. The van der Waals surface area contributed by atoms with E-state index in [2.05, 4.69) is 29.5 Å². The molecule has 4 nitrogen and oxygen atoms in total. The van der Waals surface area contributed by atoms with Crippen molar-refractivity contribution in [3.8, 4) is 0 Å². The molecule has 0 spiro atoms.